The van der Waals surface area contributed by atoms with E-state index in [0.717, 1.165) is 13.0 Å². The van der Waals surface area contributed by atoms with Crippen LogP contribution in [0, 0.1) is 0 Å². The zero-order valence-corrected chi connectivity index (χ0v) is 87.5. The zero-order chi connectivity index (χ0) is 100. The number of Topliss-reactive ketones (excluding diaryl/α,β-unsaturated/α-hetero) is 1. The average molecular weight is 2210 g/mol. The van der Waals surface area contributed by atoms with Crippen LogP contribution in [0.5, 0.6) is 0 Å². The first kappa shape index (κ1) is 136. The molecule has 0 bridgehead atoms. The van der Waals surface area contributed by atoms with E-state index >= 15 is 0 Å². The standard InChI is InChI=1S/2C18H15S.3C8H11F2NO6S.C6H11NO2.C3H3F3O3S.2C2H2F2O5S.BrH.4Na/c2*1-4-10-16(11-5-1)19(17-12-6-2-7-13-17)18-14-8-3-9-15-18;3*9-8(10,18(14,15)16)7(13)17-5-4-11-3-1-2-6(11)12;8-5-4-7-3-1-2-6(7)9;1-2(7)3(4,5)10(6,8)9;2*3-2(4,1(5)6)10(7,8)9;;;;;/h2*1-15H;3*1-5H2,(H,14,15,16);8H,1-5H2;1H3;2*(H,5,6)(H,7,8,9);1H;;;;/q2*+1;;;;;;;;;4*+1/p-6. The Labute approximate surface area is 874 Å². The van der Waals surface area contributed by atoms with Gasteiger partial charge in [0.15, 0.2) is 80.0 Å². The van der Waals surface area contributed by atoms with Gasteiger partial charge in [0.05, 0.1) is 48.0 Å². The molecule has 4 amide bonds. The Morgan fingerprint density at radius 3 is 0.610 bits per heavy atom. The number of carboxylic acids is 2. The van der Waals surface area contributed by atoms with Crippen molar-refractivity contribution in [3.05, 3.63) is 182 Å². The number of carbonyl (C=O) groups excluding carboxylic acids is 8. The minimum absolute atomic E-state index is 0. The van der Waals surface area contributed by atoms with E-state index in [1.54, 1.807) is 4.90 Å². The fourth-order valence-electron chi connectivity index (χ4n) is 9.73. The number of β-amino-alcohol motifs (C(OH)–C–C–N with tert-alkyl or cyclic N) is 1. The molecule has 0 saturated carbocycles. The maximum Gasteiger partial charge on any atom is 1.00 e. The van der Waals surface area contributed by atoms with Crippen molar-refractivity contribution in [2.75, 3.05) is 78.8 Å². The molecule has 4 fully saturated rings. The van der Waals surface area contributed by atoms with Crippen LogP contribution in [0.25, 0.3) is 0 Å². The summed E-state index contributed by atoms with van der Waals surface area (Å²) in [5, 5.41) is -7.34. The van der Waals surface area contributed by atoms with Crippen molar-refractivity contribution in [2.24, 2.45) is 0 Å². The summed E-state index contributed by atoms with van der Waals surface area (Å²) in [7, 11) is -36.6. The fraction of sp³-hybridized carbons (Fsp3) is 0.370. The molecule has 0 aromatic heterocycles. The molecule has 6 aromatic carbocycles. The molecule has 136 heavy (non-hydrogen) atoms. The Morgan fingerprint density at radius 1 is 0.331 bits per heavy atom. The molecule has 0 unspecified atom stereocenters. The number of aliphatic carboxylic acids is 2. The van der Waals surface area contributed by atoms with Gasteiger partial charge >= 0.3 is 190 Å². The summed E-state index contributed by atoms with van der Waals surface area (Å²) in [6.07, 6.45) is 4.49. The number of benzene rings is 6. The third kappa shape index (κ3) is 43.8. The van der Waals surface area contributed by atoms with Crippen LogP contribution < -0.4 is 135 Å². The van der Waals surface area contributed by atoms with Gasteiger partial charge in [-0.25, -0.2) is 66.1 Å². The average Bonchev–Trinajstić information content (AvgIpc) is 0.887. The molecule has 37 nitrogen and oxygen atoms in total. The second-order valence-corrected chi connectivity index (χ2v) is 38.1. The number of likely N-dealkylation sites (tertiary alicyclic amines) is 4. The number of rotatable bonds is 29. The van der Waals surface area contributed by atoms with Crippen molar-refractivity contribution in [2.45, 2.75) is 119 Å². The van der Waals surface area contributed by atoms with E-state index in [-0.39, 0.29) is 214 Å². The predicted octanol–water partition coefficient (Wildman–Crippen LogP) is -9.06. The topological polar surface area (TPSA) is 592 Å². The quantitative estimate of drug-likeness (QED) is 0.00746. The van der Waals surface area contributed by atoms with Crippen LogP contribution in [0.1, 0.15) is 58.3 Å². The predicted molar refractivity (Wildman–Crippen MR) is 420 cm³/mol. The Kier molecular flexibility index (Phi) is 61.8. The van der Waals surface area contributed by atoms with Gasteiger partial charge in [0.2, 0.25) is 29.4 Å². The summed E-state index contributed by atoms with van der Waals surface area (Å²) in [5.74, 6) is -15.7. The smallest absolute Gasteiger partial charge is 1.00 e. The number of hydrogen-bond acceptors (Lipinski definition) is 31. The van der Waals surface area contributed by atoms with Crippen molar-refractivity contribution in [1.29, 1.82) is 0 Å². The van der Waals surface area contributed by atoms with Crippen LogP contribution in [0.15, 0.2) is 211 Å². The van der Waals surface area contributed by atoms with Gasteiger partial charge in [0, 0.05) is 65.3 Å². The van der Waals surface area contributed by atoms with E-state index in [0.29, 0.717) is 71.1 Å². The second kappa shape index (κ2) is 61.7. The van der Waals surface area contributed by atoms with Crippen LogP contribution in [-0.4, -0.2) is 278 Å². The molecule has 0 aliphatic carbocycles. The van der Waals surface area contributed by atoms with Crippen molar-refractivity contribution >= 4 is 142 Å². The third-order valence-corrected chi connectivity index (χ3v) is 25.6. The van der Waals surface area contributed by atoms with E-state index in [1.165, 1.54) is 44.1 Å². The Bertz CT molecular complexity index is 4940. The zero-order valence-electron chi connectivity index (χ0n) is 71.4. The first-order chi connectivity index (χ1) is 60.3. The van der Waals surface area contributed by atoms with Gasteiger partial charge in [0.1, 0.15) is 19.8 Å². The molecule has 736 valence electrons. The molecule has 4 saturated heterocycles. The summed E-state index contributed by atoms with van der Waals surface area (Å²) in [6, 6.07) is 64.3. The van der Waals surface area contributed by atoms with Gasteiger partial charge in [-0.3, -0.25) is 24.0 Å². The van der Waals surface area contributed by atoms with E-state index < -0.39 is 148 Å². The number of ketones is 1. The molecule has 3 N–H and O–H groups in total. The minimum Gasteiger partial charge on any atom is -1.00 e. The number of hydrogen-bond donors (Lipinski definition) is 3. The third-order valence-electron chi connectivity index (χ3n) is 16.2. The largest absolute Gasteiger partial charge is 1.00 e. The van der Waals surface area contributed by atoms with Gasteiger partial charge in [0.25, 0.3) is 0 Å². The van der Waals surface area contributed by atoms with Crippen LogP contribution in [0.4, 0.5) is 56.6 Å². The van der Waals surface area contributed by atoms with E-state index in [1.807, 2.05) is 0 Å². The van der Waals surface area contributed by atoms with Crippen molar-refractivity contribution < 1.29 is 343 Å². The number of aliphatic hydroxyl groups excluding tert-OH is 1. The monoisotopic (exact) mass is 2210 g/mol. The maximum atomic E-state index is 12.6. The number of halogens is 14. The Hall–Kier alpha value is -6.05. The van der Waals surface area contributed by atoms with Crippen molar-refractivity contribution in [3.63, 3.8) is 0 Å². The van der Waals surface area contributed by atoms with Gasteiger partial charge in [-0.2, -0.15) is 61.1 Å². The first-order valence-corrected chi connectivity index (χ1v) is 47.2. The van der Waals surface area contributed by atoms with Crippen LogP contribution in [0.2, 0.25) is 0 Å². The number of amides is 4. The fourth-order valence-corrected chi connectivity index (χ4v) is 15.5. The summed E-state index contributed by atoms with van der Waals surface area (Å²) in [6.45, 7) is 0.896. The van der Waals surface area contributed by atoms with Gasteiger partial charge in [-0.15, -0.1) is 0 Å². The number of ether oxygens (including phenoxy) is 3. The summed E-state index contributed by atoms with van der Waals surface area (Å²) < 4.78 is 335. The normalized spacial score (nSPS) is 13.9. The van der Waals surface area contributed by atoms with Gasteiger partial charge < -0.3 is 88.9 Å². The molecule has 4 aliphatic rings. The summed E-state index contributed by atoms with van der Waals surface area (Å²) >= 11 is 0. The maximum absolute atomic E-state index is 12.6. The van der Waals surface area contributed by atoms with E-state index in [2.05, 4.69) is 196 Å². The molecule has 6 aromatic rings. The number of alkyl halides is 12. The van der Waals surface area contributed by atoms with Crippen molar-refractivity contribution in [1.82, 2.24) is 19.6 Å². The second-order valence-electron chi connectivity index (χ2n) is 25.5. The van der Waals surface area contributed by atoms with E-state index in [4.69, 9.17) is 15.3 Å². The van der Waals surface area contributed by atoms with Crippen LogP contribution in [0.3, 0.4) is 0 Å². The SMILES string of the molecule is CC(=O)C(F)(F)S(=O)(=O)F.O=C(O)C(F)(F)S(=O)(=O)[O-].O=C(O)C(F)(F)S(=O)(=O)[O-].O=C1CCCN1CCO.O=C1CCCN1CCOC(=O)C(F)(F)S(=O)(=O)[O-].O=C1CCCN1CCOC(=O)C(F)(F)S(=O)(=O)[O-].O=C1CCCN1CCOC(=O)C(F)(F)S(=O)(=O)[O-].[Br-].[Na+].[Na+].[Na+].[Na+].c1ccc([S+](c2ccccc2)c2ccccc2)cc1.c1ccc([S+](c2ccccc2)c2ccccc2)cc1. The van der Waals surface area contributed by atoms with Gasteiger partial charge in [-0.05, 0) is 98.5 Å². The Balaban J connectivity index is -0.000000727. The number of esters is 3. The molecule has 0 spiro atoms. The number of carboxylic acid groups (broad SMARTS) is 2. The number of carbonyl (C=O) groups is 10. The molecular formula is C73H76BrF13N4Na4O33S8. The molecule has 4 aliphatic heterocycles. The summed E-state index contributed by atoms with van der Waals surface area (Å²) in [4.78, 5) is 118. The first-order valence-electron chi connectivity index (χ1n) is 36.3. The summed E-state index contributed by atoms with van der Waals surface area (Å²) in [5.41, 5.74) is 0. The molecule has 63 heteroatoms. The molecule has 10 rings (SSSR count). The Morgan fingerprint density at radius 2 is 0.500 bits per heavy atom. The van der Waals surface area contributed by atoms with Crippen molar-refractivity contribution in [3.8, 4) is 0 Å². The van der Waals surface area contributed by atoms with E-state index in [9.17, 15) is 178 Å². The van der Waals surface area contributed by atoms with Crippen LogP contribution in [-0.2, 0) is 145 Å². The minimum atomic E-state index is -6.10. The molecule has 0 atom stereocenters. The number of nitrogens with zero attached hydrogens (tertiary/aromatic N) is 4. The number of aliphatic hydroxyl groups is 1. The van der Waals surface area contributed by atoms with Gasteiger partial charge in [-0.1, -0.05) is 113 Å². The molecular weight excluding hydrogens is 2140 g/mol. The van der Waals surface area contributed by atoms with Crippen LogP contribution >= 0.6 is 0 Å². The molecule has 4 heterocycles. The molecule has 0 radical (unpaired) electrons.